The zero-order valence-electron chi connectivity index (χ0n) is 29.0. The maximum absolute atomic E-state index is 6.95. The van der Waals surface area contributed by atoms with Gasteiger partial charge in [0.05, 0.1) is 28.6 Å². The predicted molar refractivity (Wildman–Crippen MR) is 188 cm³/mol. The van der Waals surface area contributed by atoms with Gasteiger partial charge < -0.3 is 4.74 Å². The Morgan fingerprint density at radius 3 is 2.52 bits per heavy atom. The summed E-state index contributed by atoms with van der Waals surface area (Å²) in [4.78, 5) is 3.12. The van der Waals surface area contributed by atoms with Crippen molar-refractivity contribution in [2.75, 3.05) is 0 Å². The molecule has 3 aliphatic carbocycles. The number of hydrogen-bond donors (Lipinski definition) is 0. The van der Waals surface area contributed by atoms with Crippen molar-refractivity contribution in [1.82, 2.24) is 4.90 Å². The number of nitrogens with zero attached hydrogens (tertiary/aromatic N) is 2. The number of fused-ring (bicyclic) bond motifs is 10. The van der Waals surface area contributed by atoms with Gasteiger partial charge in [-0.15, -0.1) is 0 Å². The molecule has 46 heavy (non-hydrogen) atoms. The highest BCUT2D eigenvalue weighted by molar-refractivity contribution is 5.94. The Morgan fingerprint density at radius 1 is 0.826 bits per heavy atom. The van der Waals surface area contributed by atoms with E-state index in [-0.39, 0.29) is 11.0 Å². The highest BCUT2D eigenvalue weighted by Gasteiger charge is 2.61. The van der Waals surface area contributed by atoms with Crippen LogP contribution in [0.4, 0.5) is 0 Å². The summed E-state index contributed by atoms with van der Waals surface area (Å²) in [6.07, 6.45) is 21.8. The fourth-order valence-electron chi connectivity index (χ4n) is 12.9. The van der Waals surface area contributed by atoms with E-state index in [1.54, 1.807) is 11.1 Å². The molecule has 4 heterocycles. The van der Waals surface area contributed by atoms with E-state index in [9.17, 15) is 0 Å². The van der Waals surface area contributed by atoms with Crippen molar-refractivity contribution in [2.45, 2.75) is 165 Å². The first kappa shape index (κ1) is 29.9. The minimum absolute atomic E-state index is 0.0770. The molecule has 10 unspecified atom stereocenters. The molecule has 3 aliphatic heterocycles. The predicted octanol–water partition coefficient (Wildman–Crippen LogP) is 9.83. The van der Waals surface area contributed by atoms with Crippen LogP contribution in [0.3, 0.4) is 0 Å². The molecule has 2 saturated heterocycles. The standard InChI is InChI=1S/C43H57N2O/c1-5-24-43(7-3)42(4,6-2)35-21-19-29(27-34(35)40-31-14-9-8-13-28(31)23-25-44(40)43)30-20-22-36-33(26-30)32-15-12-18-39-41(32)45(36)37-16-10-11-17-38(37)46-39/h8-9,13-14,19,21,23,25,27,30,32-33,36-39,41H,5-7,10-12,15-18,20,22,24,26H2,1-4H3/q+1. The van der Waals surface area contributed by atoms with Crippen LogP contribution >= 0.6 is 0 Å². The quantitative estimate of drug-likeness (QED) is 0.265. The van der Waals surface area contributed by atoms with Gasteiger partial charge in [-0.3, -0.25) is 4.90 Å². The lowest BCUT2D eigenvalue weighted by Gasteiger charge is -2.53. The van der Waals surface area contributed by atoms with Gasteiger partial charge in [-0.25, -0.2) is 0 Å². The topological polar surface area (TPSA) is 16.4 Å². The summed E-state index contributed by atoms with van der Waals surface area (Å²) >= 11 is 0. The van der Waals surface area contributed by atoms with E-state index in [0.717, 1.165) is 30.7 Å². The van der Waals surface area contributed by atoms with Crippen molar-refractivity contribution in [3.05, 3.63) is 65.9 Å². The molecule has 3 heteroatoms. The molecular formula is C43H57N2O+. The minimum Gasteiger partial charge on any atom is -0.372 e. The van der Waals surface area contributed by atoms with Crippen LogP contribution in [0.1, 0.15) is 135 Å². The molecular weight excluding hydrogens is 560 g/mol. The van der Waals surface area contributed by atoms with E-state index in [2.05, 4.69) is 91.9 Å². The third-order valence-electron chi connectivity index (χ3n) is 15.1. The van der Waals surface area contributed by atoms with E-state index in [0.29, 0.717) is 30.2 Å². The average molecular weight is 618 g/mol. The lowest BCUT2D eigenvalue weighted by molar-refractivity contribution is -0.769. The number of morpholine rings is 1. The molecule has 1 aromatic heterocycles. The maximum atomic E-state index is 6.95. The molecule has 0 spiro atoms. The van der Waals surface area contributed by atoms with Crippen LogP contribution in [0.15, 0.2) is 54.7 Å². The summed E-state index contributed by atoms with van der Waals surface area (Å²) in [7, 11) is 0. The smallest absolute Gasteiger partial charge is 0.221 e. The summed E-state index contributed by atoms with van der Waals surface area (Å²) in [5.41, 5.74) is 6.35. The second-order valence-electron chi connectivity index (χ2n) is 16.6. The van der Waals surface area contributed by atoms with Crippen LogP contribution in [0.2, 0.25) is 0 Å². The molecule has 2 aromatic carbocycles. The second kappa shape index (κ2) is 11.2. The summed E-state index contributed by atoms with van der Waals surface area (Å²) in [5.74, 6) is 2.35. The number of benzene rings is 2. The van der Waals surface area contributed by atoms with E-state index in [1.165, 1.54) is 99.1 Å². The van der Waals surface area contributed by atoms with Crippen molar-refractivity contribution in [3.63, 3.8) is 0 Å². The van der Waals surface area contributed by atoms with Crippen LogP contribution in [-0.4, -0.2) is 35.2 Å². The van der Waals surface area contributed by atoms with Crippen LogP contribution in [-0.2, 0) is 15.7 Å². The molecule has 0 amide bonds. The van der Waals surface area contributed by atoms with E-state index < -0.39 is 0 Å². The van der Waals surface area contributed by atoms with Gasteiger partial charge in [0.1, 0.15) is 0 Å². The van der Waals surface area contributed by atoms with Gasteiger partial charge in [-0.05, 0) is 111 Å². The Hall–Kier alpha value is -2.23. The van der Waals surface area contributed by atoms with Gasteiger partial charge in [0, 0.05) is 37.0 Å². The molecule has 244 valence electrons. The summed E-state index contributed by atoms with van der Waals surface area (Å²) < 4.78 is 9.72. The van der Waals surface area contributed by atoms with Crippen molar-refractivity contribution in [1.29, 1.82) is 0 Å². The fraction of sp³-hybridized carbons (Fsp3) is 0.651. The zero-order valence-corrected chi connectivity index (χ0v) is 29.0. The summed E-state index contributed by atoms with van der Waals surface area (Å²) in [5, 5.41) is 2.78. The van der Waals surface area contributed by atoms with Gasteiger partial charge in [0.15, 0.2) is 11.7 Å². The summed E-state index contributed by atoms with van der Waals surface area (Å²) in [6, 6.07) is 21.6. The first-order valence-electron chi connectivity index (χ1n) is 19.5. The number of hydrogen-bond acceptors (Lipinski definition) is 2. The van der Waals surface area contributed by atoms with Crippen LogP contribution in [0, 0.1) is 11.8 Å². The third kappa shape index (κ3) is 4.00. The lowest BCUT2D eigenvalue weighted by atomic mass is 9.58. The lowest BCUT2D eigenvalue weighted by Crippen LogP contribution is -2.69. The molecule has 0 N–H and O–H groups in total. The van der Waals surface area contributed by atoms with Gasteiger partial charge in [-0.2, -0.15) is 4.57 Å². The molecule has 5 fully saturated rings. The number of aromatic nitrogens is 1. The Kier molecular flexibility index (Phi) is 7.25. The first-order chi connectivity index (χ1) is 22.5. The SMILES string of the molecule is CCCC1(CC)[n+]2ccc3ccccc3c2-c2cc(C3CCC4C(C3)C3CCCC5OC6CCCCC6N4C53)ccc2C1(C)CC. The number of ether oxygens (including phenoxy) is 1. The van der Waals surface area contributed by atoms with Crippen molar-refractivity contribution < 1.29 is 9.30 Å². The molecule has 0 radical (unpaired) electrons. The highest BCUT2D eigenvalue weighted by atomic mass is 16.5. The molecule has 10 atom stereocenters. The monoisotopic (exact) mass is 617 g/mol. The molecule has 3 nitrogen and oxygen atoms in total. The molecule has 6 aliphatic rings. The summed E-state index contributed by atoms with van der Waals surface area (Å²) in [6.45, 7) is 9.86. The second-order valence-corrected chi connectivity index (χ2v) is 16.6. The average Bonchev–Trinajstić information content (AvgIpc) is 3.44. The molecule has 0 bridgehead atoms. The fourth-order valence-corrected chi connectivity index (χ4v) is 12.9. The van der Waals surface area contributed by atoms with E-state index in [4.69, 9.17) is 4.74 Å². The van der Waals surface area contributed by atoms with E-state index in [1.807, 2.05) is 0 Å². The Balaban J connectivity index is 1.13. The highest BCUT2D eigenvalue weighted by Crippen LogP contribution is 2.58. The van der Waals surface area contributed by atoms with Gasteiger partial charge in [0.25, 0.3) is 0 Å². The first-order valence-corrected chi connectivity index (χ1v) is 19.5. The van der Waals surface area contributed by atoms with Crippen molar-refractivity contribution >= 4 is 10.8 Å². The van der Waals surface area contributed by atoms with Gasteiger partial charge in [0.2, 0.25) is 5.69 Å². The molecule has 9 rings (SSSR count). The van der Waals surface area contributed by atoms with Crippen LogP contribution in [0.25, 0.3) is 22.0 Å². The molecule has 3 saturated carbocycles. The number of rotatable bonds is 5. The minimum atomic E-state index is 0.0770. The Labute approximate surface area is 278 Å². The van der Waals surface area contributed by atoms with Crippen LogP contribution < -0.4 is 4.57 Å². The Morgan fingerprint density at radius 2 is 1.67 bits per heavy atom. The Bertz CT molecular complexity index is 1630. The van der Waals surface area contributed by atoms with Crippen LogP contribution in [0.5, 0.6) is 0 Å². The largest absolute Gasteiger partial charge is 0.372 e. The number of pyridine rings is 1. The third-order valence-corrected chi connectivity index (χ3v) is 15.1. The van der Waals surface area contributed by atoms with Gasteiger partial charge >= 0.3 is 0 Å². The van der Waals surface area contributed by atoms with Crippen molar-refractivity contribution in [3.8, 4) is 11.3 Å². The van der Waals surface area contributed by atoms with E-state index >= 15 is 0 Å². The normalized spacial score (nSPS) is 39.7. The molecule has 3 aromatic rings. The zero-order chi connectivity index (χ0) is 31.2. The van der Waals surface area contributed by atoms with Crippen molar-refractivity contribution in [2.24, 2.45) is 11.8 Å². The van der Waals surface area contributed by atoms with Gasteiger partial charge in [-0.1, -0.05) is 70.4 Å². The maximum Gasteiger partial charge on any atom is 0.221 e.